The minimum absolute atomic E-state index is 0.0985. The maximum absolute atomic E-state index is 11.7. The van der Waals surface area contributed by atoms with Crippen molar-refractivity contribution in [1.29, 1.82) is 0 Å². The Hall–Kier alpha value is -0.640. The van der Waals surface area contributed by atoms with Crippen molar-refractivity contribution in [2.75, 3.05) is 0 Å². The first-order chi connectivity index (χ1) is 6.73. The molecule has 0 aliphatic carbocycles. The molecule has 0 aromatic carbocycles. The van der Waals surface area contributed by atoms with E-state index in [1.165, 1.54) is 0 Å². The second-order valence-electron chi connectivity index (χ2n) is 5.02. The zero-order valence-electron chi connectivity index (χ0n) is 9.81. The predicted octanol–water partition coefficient (Wildman–Crippen LogP) is 2.95. The Kier molecular flexibility index (Phi) is 3.38. The molecule has 0 fully saturated rings. The maximum Gasteiger partial charge on any atom is 0.265 e. The molecule has 0 aliphatic heterocycles. The molecule has 1 heterocycles. The van der Waals surface area contributed by atoms with E-state index < -0.39 is 0 Å². The van der Waals surface area contributed by atoms with Gasteiger partial charge in [0.15, 0.2) is 0 Å². The van der Waals surface area contributed by atoms with Gasteiger partial charge in [0.25, 0.3) is 5.56 Å². The third-order valence-electron chi connectivity index (χ3n) is 2.15. The fourth-order valence-corrected chi connectivity index (χ4v) is 1.86. The van der Waals surface area contributed by atoms with Gasteiger partial charge in [-0.05, 0) is 21.8 Å². The minimum atomic E-state index is -0.135. The highest BCUT2D eigenvalue weighted by Crippen LogP contribution is 2.23. The van der Waals surface area contributed by atoms with Crippen LogP contribution in [0.3, 0.4) is 0 Å². The third kappa shape index (κ3) is 2.68. The van der Waals surface area contributed by atoms with Gasteiger partial charge in [-0.15, -0.1) is 0 Å². The number of hydrogen-bond acceptors (Lipinski definition) is 2. The topological polar surface area (TPSA) is 45.8 Å². The zero-order valence-corrected chi connectivity index (χ0v) is 11.4. The van der Waals surface area contributed by atoms with Gasteiger partial charge in [-0.25, -0.2) is 4.98 Å². The van der Waals surface area contributed by atoms with E-state index >= 15 is 0 Å². The Bertz CT molecular complexity index is 416. The number of rotatable bonds is 1. The van der Waals surface area contributed by atoms with Gasteiger partial charge in [-0.1, -0.05) is 34.6 Å². The van der Waals surface area contributed by atoms with Gasteiger partial charge >= 0.3 is 0 Å². The summed E-state index contributed by atoms with van der Waals surface area (Å²) >= 11 is 3.28. The van der Waals surface area contributed by atoms with Crippen LogP contribution in [0.2, 0.25) is 0 Å². The van der Waals surface area contributed by atoms with Crippen molar-refractivity contribution in [3.8, 4) is 0 Å². The molecule has 0 saturated carbocycles. The summed E-state index contributed by atoms with van der Waals surface area (Å²) in [6.45, 7) is 10.1. The highest BCUT2D eigenvalue weighted by atomic mass is 79.9. The SMILES string of the molecule is CC(C)c1nc(C(C)(C)C)[nH]c(=O)c1Br. The number of nitrogens with one attached hydrogen (secondary N) is 1. The van der Waals surface area contributed by atoms with Crippen LogP contribution in [-0.4, -0.2) is 9.97 Å². The lowest BCUT2D eigenvalue weighted by molar-refractivity contribution is 0.534. The second kappa shape index (κ2) is 4.08. The molecule has 0 unspecified atom stereocenters. The van der Waals surface area contributed by atoms with Gasteiger partial charge in [-0.2, -0.15) is 0 Å². The largest absolute Gasteiger partial charge is 0.309 e. The quantitative estimate of drug-likeness (QED) is 0.855. The van der Waals surface area contributed by atoms with Crippen LogP contribution in [-0.2, 0) is 5.41 Å². The maximum atomic E-state index is 11.7. The van der Waals surface area contributed by atoms with Crippen molar-refractivity contribution in [3.63, 3.8) is 0 Å². The number of nitrogens with zero attached hydrogens (tertiary/aromatic N) is 1. The number of halogens is 1. The summed E-state index contributed by atoms with van der Waals surface area (Å²) in [6, 6.07) is 0. The molecule has 0 radical (unpaired) electrons. The summed E-state index contributed by atoms with van der Waals surface area (Å²) < 4.78 is 0.547. The summed E-state index contributed by atoms with van der Waals surface area (Å²) in [6.07, 6.45) is 0. The van der Waals surface area contributed by atoms with Crippen LogP contribution in [0.25, 0.3) is 0 Å². The lowest BCUT2D eigenvalue weighted by Gasteiger charge is -2.19. The lowest BCUT2D eigenvalue weighted by Crippen LogP contribution is -2.24. The van der Waals surface area contributed by atoms with Crippen LogP contribution in [0.4, 0.5) is 0 Å². The molecule has 0 aliphatic rings. The molecular weight excluding hydrogens is 256 g/mol. The van der Waals surface area contributed by atoms with Gasteiger partial charge < -0.3 is 4.98 Å². The lowest BCUT2D eigenvalue weighted by atomic mass is 9.95. The van der Waals surface area contributed by atoms with Crippen LogP contribution in [0, 0.1) is 0 Å². The van der Waals surface area contributed by atoms with E-state index in [1.54, 1.807) is 0 Å². The van der Waals surface area contributed by atoms with E-state index in [1.807, 2.05) is 34.6 Å². The van der Waals surface area contributed by atoms with Crippen molar-refractivity contribution in [3.05, 3.63) is 26.3 Å². The fourth-order valence-electron chi connectivity index (χ4n) is 1.21. The van der Waals surface area contributed by atoms with Gasteiger partial charge in [-0.3, -0.25) is 4.79 Å². The van der Waals surface area contributed by atoms with E-state index in [2.05, 4.69) is 25.9 Å². The minimum Gasteiger partial charge on any atom is -0.309 e. The molecule has 84 valence electrons. The molecule has 0 amide bonds. The highest BCUT2D eigenvalue weighted by molar-refractivity contribution is 9.10. The Labute approximate surface area is 98.5 Å². The highest BCUT2D eigenvalue weighted by Gasteiger charge is 2.20. The standard InChI is InChI=1S/C11H17BrN2O/c1-6(2)8-7(12)9(15)14-10(13-8)11(3,4)5/h6H,1-5H3,(H,13,14,15). The first kappa shape index (κ1) is 12.4. The summed E-state index contributed by atoms with van der Waals surface area (Å²) in [5, 5.41) is 0. The third-order valence-corrected chi connectivity index (χ3v) is 2.91. The summed E-state index contributed by atoms with van der Waals surface area (Å²) in [5.41, 5.74) is 0.589. The molecule has 4 heteroatoms. The molecule has 3 nitrogen and oxygen atoms in total. The van der Waals surface area contributed by atoms with Gasteiger partial charge in [0, 0.05) is 5.41 Å². The van der Waals surface area contributed by atoms with E-state index in [9.17, 15) is 4.79 Å². The summed E-state index contributed by atoms with van der Waals surface area (Å²) in [7, 11) is 0. The van der Waals surface area contributed by atoms with Crippen molar-refractivity contribution in [2.24, 2.45) is 0 Å². The second-order valence-corrected chi connectivity index (χ2v) is 5.81. The van der Waals surface area contributed by atoms with Crippen molar-refractivity contribution >= 4 is 15.9 Å². The van der Waals surface area contributed by atoms with Crippen LogP contribution in [0.5, 0.6) is 0 Å². The van der Waals surface area contributed by atoms with Gasteiger partial charge in [0.05, 0.1) is 5.69 Å². The van der Waals surface area contributed by atoms with E-state index in [4.69, 9.17) is 0 Å². The average Bonchev–Trinajstić information content (AvgIpc) is 2.06. The molecular formula is C11H17BrN2O. The number of hydrogen-bond donors (Lipinski definition) is 1. The monoisotopic (exact) mass is 272 g/mol. The van der Waals surface area contributed by atoms with Crippen LogP contribution >= 0.6 is 15.9 Å². The zero-order chi connectivity index (χ0) is 11.8. The average molecular weight is 273 g/mol. The fraction of sp³-hybridized carbons (Fsp3) is 0.636. The van der Waals surface area contributed by atoms with Crippen molar-refractivity contribution in [2.45, 2.75) is 46.0 Å². The Morgan fingerprint density at radius 3 is 2.27 bits per heavy atom. The Morgan fingerprint density at radius 1 is 1.33 bits per heavy atom. The summed E-state index contributed by atoms with van der Waals surface area (Å²) in [5.74, 6) is 0.974. The molecule has 0 saturated heterocycles. The number of aromatic amines is 1. The normalized spacial score (nSPS) is 12.2. The van der Waals surface area contributed by atoms with Crippen molar-refractivity contribution in [1.82, 2.24) is 9.97 Å². The molecule has 0 atom stereocenters. The van der Waals surface area contributed by atoms with Crippen molar-refractivity contribution < 1.29 is 0 Å². The molecule has 1 aromatic heterocycles. The van der Waals surface area contributed by atoms with Crippen LogP contribution in [0.1, 0.15) is 52.1 Å². The summed E-state index contributed by atoms with van der Waals surface area (Å²) in [4.78, 5) is 19.0. The molecule has 1 rings (SSSR count). The number of H-pyrrole nitrogens is 1. The van der Waals surface area contributed by atoms with E-state index in [0.29, 0.717) is 4.47 Å². The smallest absolute Gasteiger partial charge is 0.265 e. The molecule has 1 aromatic rings. The van der Waals surface area contributed by atoms with Gasteiger partial charge in [0.1, 0.15) is 10.3 Å². The first-order valence-corrected chi connectivity index (χ1v) is 5.83. The van der Waals surface area contributed by atoms with Gasteiger partial charge in [0.2, 0.25) is 0 Å². The van der Waals surface area contributed by atoms with Crippen LogP contribution in [0.15, 0.2) is 9.27 Å². The number of aromatic nitrogens is 2. The Morgan fingerprint density at radius 2 is 1.87 bits per heavy atom. The molecule has 1 N–H and O–H groups in total. The first-order valence-electron chi connectivity index (χ1n) is 5.03. The van der Waals surface area contributed by atoms with Crippen LogP contribution < -0.4 is 5.56 Å². The van der Waals surface area contributed by atoms with E-state index in [-0.39, 0.29) is 16.9 Å². The molecule has 15 heavy (non-hydrogen) atoms. The predicted molar refractivity (Wildman–Crippen MR) is 65.3 cm³/mol. The Balaban J connectivity index is 3.43. The molecule has 0 bridgehead atoms. The molecule has 0 spiro atoms. The van der Waals surface area contributed by atoms with E-state index in [0.717, 1.165) is 11.5 Å².